The van der Waals surface area contributed by atoms with Crippen molar-refractivity contribution in [1.29, 1.82) is 0 Å². The monoisotopic (exact) mass is 444 g/mol. The van der Waals surface area contributed by atoms with Gasteiger partial charge in [-0.25, -0.2) is 0 Å². The van der Waals surface area contributed by atoms with E-state index in [1.54, 1.807) is 6.92 Å². The maximum absolute atomic E-state index is 13.8. The number of hydrogen-bond donors (Lipinski definition) is 0. The molecule has 166 valence electrons. The molecule has 0 amide bonds. The molecule has 0 spiro atoms. The third kappa shape index (κ3) is 3.99. The molecule has 4 rings (SSSR count). The normalized spacial score (nSPS) is 20.5. The van der Waals surface area contributed by atoms with Crippen LogP contribution in [0.3, 0.4) is 0 Å². The van der Waals surface area contributed by atoms with Gasteiger partial charge in [-0.2, -0.15) is 0 Å². The van der Waals surface area contributed by atoms with Gasteiger partial charge in [0, 0.05) is 20.9 Å². The molecule has 2 nitrogen and oxygen atoms in total. The van der Waals surface area contributed by atoms with Gasteiger partial charge in [0.1, 0.15) is 0 Å². The second kappa shape index (κ2) is 7.81. The van der Waals surface area contributed by atoms with Crippen molar-refractivity contribution in [3.63, 3.8) is 0 Å². The molecule has 3 heteroatoms. The molecular formula is C29H32O2S. The molecule has 2 aromatic carbocycles. The summed E-state index contributed by atoms with van der Waals surface area (Å²) in [6, 6.07) is 14.3. The van der Waals surface area contributed by atoms with E-state index in [1.165, 1.54) is 11.1 Å². The van der Waals surface area contributed by atoms with Gasteiger partial charge in [-0.1, -0.05) is 78.0 Å². The maximum atomic E-state index is 13.8. The van der Waals surface area contributed by atoms with E-state index in [4.69, 9.17) is 0 Å². The van der Waals surface area contributed by atoms with Crippen LogP contribution < -0.4 is 0 Å². The van der Waals surface area contributed by atoms with Gasteiger partial charge in [0.25, 0.3) is 0 Å². The summed E-state index contributed by atoms with van der Waals surface area (Å²) in [7, 11) is -0.365. The number of fused-ring (bicyclic) bond motifs is 2. The predicted octanol–water partition coefficient (Wildman–Crippen LogP) is 7.40. The topological polar surface area (TPSA) is 34.1 Å². The zero-order chi connectivity index (χ0) is 23.4. The Kier molecular flexibility index (Phi) is 5.53. The number of ketones is 2. The highest BCUT2D eigenvalue weighted by atomic mass is 32.2. The SMILES string of the molecule is CC(=O)c1ccc(S2=C3C=CC(C(C)(C)C)=CC3C(=O)c3cc(C(C)(C)C)ccc32)cc1. The fraction of sp³-hybridized carbons (Fsp3) is 0.345. The molecule has 2 aromatic rings. The van der Waals surface area contributed by atoms with Gasteiger partial charge in [-0.15, -0.1) is 10.5 Å². The quantitative estimate of drug-likeness (QED) is 0.357. The van der Waals surface area contributed by atoms with E-state index in [-0.39, 0.29) is 38.8 Å². The lowest BCUT2D eigenvalue weighted by atomic mass is 9.78. The van der Waals surface area contributed by atoms with Gasteiger partial charge >= 0.3 is 0 Å². The zero-order valence-electron chi connectivity index (χ0n) is 20.1. The van der Waals surface area contributed by atoms with E-state index in [9.17, 15) is 9.59 Å². The largest absolute Gasteiger partial charge is 0.295 e. The van der Waals surface area contributed by atoms with Crippen molar-refractivity contribution in [1.82, 2.24) is 0 Å². The van der Waals surface area contributed by atoms with Crippen LogP contribution in [0.5, 0.6) is 0 Å². The third-order valence-electron chi connectivity index (χ3n) is 6.29. The van der Waals surface area contributed by atoms with E-state index in [2.05, 4.69) is 90.1 Å². The van der Waals surface area contributed by atoms with Crippen LogP contribution in [0.4, 0.5) is 0 Å². The molecule has 0 bridgehead atoms. The molecule has 0 N–H and O–H groups in total. The Balaban J connectivity index is 1.97. The van der Waals surface area contributed by atoms with Crippen LogP contribution in [-0.2, 0) is 5.41 Å². The lowest BCUT2D eigenvalue weighted by Gasteiger charge is -2.33. The summed E-state index contributed by atoms with van der Waals surface area (Å²) >= 11 is 0. The van der Waals surface area contributed by atoms with Crippen molar-refractivity contribution in [3.8, 4) is 0 Å². The smallest absolute Gasteiger partial charge is 0.175 e. The average molecular weight is 445 g/mol. The highest BCUT2D eigenvalue weighted by molar-refractivity contribution is 8.16. The van der Waals surface area contributed by atoms with Crippen molar-refractivity contribution in [2.24, 2.45) is 11.3 Å². The molecule has 0 saturated heterocycles. The zero-order valence-corrected chi connectivity index (χ0v) is 20.9. The van der Waals surface area contributed by atoms with Crippen molar-refractivity contribution in [3.05, 3.63) is 83.0 Å². The van der Waals surface area contributed by atoms with E-state index >= 15 is 0 Å². The average Bonchev–Trinajstić information content (AvgIpc) is 2.72. The Labute approximate surface area is 194 Å². The van der Waals surface area contributed by atoms with Gasteiger partial charge in [0.2, 0.25) is 0 Å². The van der Waals surface area contributed by atoms with E-state index < -0.39 is 0 Å². The third-order valence-corrected chi connectivity index (χ3v) is 8.69. The van der Waals surface area contributed by atoms with Crippen molar-refractivity contribution in [2.75, 3.05) is 0 Å². The summed E-state index contributed by atoms with van der Waals surface area (Å²) in [5, 5.41) is 0. The molecule has 1 aliphatic heterocycles. The molecule has 32 heavy (non-hydrogen) atoms. The fourth-order valence-corrected chi connectivity index (χ4v) is 6.65. The van der Waals surface area contributed by atoms with E-state index in [1.807, 2.05) is 12.1 Å². The van der Waals surface area contributed by atoms with Crippen LogP contribution >= 0.6 is 10.5 Å². The molecule has 0 aromatic heterocycles. The first kappa shape index (κ1) is 22.7. The van der Waals surface area contributed by atoms with E-state index in [0.717, 1.165) is 20.2 Å². The Bertz CT molecular complexity index is 1210. The Morgan fingerprint density at radius 2 is 1.53 bits per heavy atom. The summed E-state index contributed by atoms with van der Waals surface area (Å²) < 4.78 is 0. The van der Waals surface area contributed by atoms with Gasteiger partial charge < -0.3 is 0 Å². The van der Waals surface area contributed by atoms with Crippen LogP contribution in [0.1, 0.15) is 74.7 Å². The number of carbonyl (C=O) groups is 2. The first-order valence-corrected chi connectivity index (χ1v) is 12.4. The predicted molar refractivity (Wildman–Crippen MR) is 135 cm³/mol. The number of hydrogen-bond acceptors (Lipinski definition) is 2. The second-order valence-electron chi connectivity index (χ2n) is 10.8. The lowest BCUT2D eigenvalue weighted by molar-refractivity contribution is 0.0967. The lowest BCUT2D eigenvalue weighted by Crippen LogP contribution is -2.30. The van der Waals surface area contributed by atoms with Crippen molar-refractivity contribution >= 4 is 26.9 Å². The number of Topliss-reactive ketones (excluding diaryl/α,β-unsaturated/α-hetero) is 2. The first-order chi connectivity index (χ1) is 14.9. The molecule has 2 aliphatic rings. The van der Waals surface area contributed by atoms with Gasteiger partial charge in [0.05, 0.1) is 5.92 Å². The van der Waals surface area contributed by atoms with Crippen molar-refractivity contribution in [2.45, 2.75) is 63.7 Å². The minimum absolute atomic E-state index is 0.0163. The minimum Gasteiger partial charge on any atom is -0.295 e. The summed E-state index contributed by atoms with van der Waals surface area (Å²) in [6.45, 7) is 14.7. The molecule has 2 atom stereocenters. The molecule has 1 aliphatic carbocycles. The standard InChI is InChI=1S/C29H32O2S/c1-18(30)19-8-12-22(13-9-19)32-25-14-10-20(28(2,3)4)16-23(25)27(31)24-17-21(29(5,6)7)11-15-26(24)32/h8-17,23H,1-7H3. The van der Waals surface area contributed by atoms with Crippen LogP contribution in [0, 0.1) is 11.3 Å². The molecule has 2 unspecified atom stereocenters. The van der Waals surface area contributed by atoms with Gasteiger partial charge in [0.15, 0.2) is 11.6 Å². The summed E-state index contributed by atoms with van der Waals surface area (Å²) in [5.41, 5.74) is 3.88. The van der Waals surface area contributed by atoms with Crippen LogP contribution in [0.2, 0.25) is 0 Å². The number of carbonyl (C=O) groups excluding carboxylic acids is 2. The Hall–Kier alpha value is -2.52. The first-order valence-electron chi connectivity index (χ1n) is 11.2. The van der Waals surface area contributed by atoms with Crippen LogP contribution in [0.15, 0.2) is 76.1 Å². The van der Waals surface area contributed by atoms with Crippen LogP contribution in [-0.4, -0.2) is 16.4 Å². The summed E-state index contributed by atoms with van der Waals surface area (Å²) in [4.78, 5) is 29.0. The number of rotatable bonds is 2. The highest BCUT2D eigenvalue weighted by Gasteiger charge is 2.35. The molecule has 0 saturated carbocycles. The number of benzene rings is 2. The fourth-order valence-electron chi connectivity index (χ4n) is 4.24. The summed E-state index contributed by atoms with van der Waals surface area (Å²) in [5.74, 6) is 0.0128. The number of allylic oxidation sites excluding steroid dienone is 4. The second-order valence-corrected chi connectivity index (χ2v) is 12.8. The summed E-state index contributed by atoms with van der Waals surface area (Å²) in [6.07, 6.45) is 6.53. The van der Waals surface area contributed by atoms with Gasteiger partial charge in [-0.05, 0) is 58.0 Å². The molecule has 1 heterocycles. The Morgan fingerprint density at radius 3 is 2.09 bits per heavy atom. The molecular weight excluding hydrogens is 412 g/mol. The molecule has 0 fully saturated rings. The highest BCUT2D eigenvalue weighted by Crippen LogP contribution is 2.48. The van der Waals surface area contributed by atoms with E-state index in [0.29, 0.717) is 5.56 Å². The van der Waals surface area contributed by atoms with Gasteiger partial charge in [-0.3, -0.25) is 9.59 Å². The molecule has 0 radical (unpaired) electrons. The minimum atomic E-state index is -0.365. The van der Waals surface area contributed by atoms with Crippen LogP contribution in [0.25, 0.3) is 0 Å². The van der Waals surface area contributed by atoms with Crippen molar-refractivity contribution < 1.29 is 9.59 Å². The Morgan fingerprint density at radius 1 is 0.875 bits per heavy atom. The maximum Gasteiger partial charge on any atom is 0.175 e.